The molecule has 2 amide bonds. The number of carbonyl (C=O) groups is 2. The van der Waals surface area contributed by atoms with Crippen molar-refractivity contribution in [3.8, 4) is 0 Å². The lowest BCUT2D eigenvalue weighted by molar-refractivity contribution is -0.138. The molecule has 1 unspecified atom stereocenters. The van der Waals surface area contributed by atoms with E-state index in [1.807, 2.05) is 35.4 Å². The smallest absolute Gasteiger partial charge is 0.228 e. The summed E-state index contributed by atoms with van der Waals surface area (Å²) in [7, 11) is 0. The number of thioether (sulfide) groups is 1. The number of benzene rings is 1. The van der Waals surface area contributed by atoms with Crippen LogP contribution in [-0.4, -0.2) is 61.9 Å². The molecule has 2 heterocycles. The monoisotopic (exact) mass is 391 g/mol. The van der Waals surface area contributed by atoms with E-state index in [1.54, 1.807) is 16.7 Å². The molecule has 27 heavy (non-hydrogen) atoms. The summed E-state index contributed by atoms with van der Waals surface area (Å²) in [5.74, 6) is -0.107. The first-order valence-corrected chi connectivity index (χ1v) is 10.9. The maximum atomic E-state index is 12.9. The highest BCUT2D eigenvalue weighted by Crippen LogP contribution is 2.29. The molecular weight excluding hydrogens is 362 g/mol. The van der Waals surface area contributed by atoms with Gasteiger partial charge in [-0.1, -0.05) is 0 Å². The predicted molar refractivity (Wildman–Crippen MR) is 108 cm³/mol. The first kappa shape index (κ1) is 20.2. The van der Waals surface area contributed by atoms with Crippen molar-refractivity contribution in [3.05, 3.63) is 24.3 Å². The first-order chi connectivity index (χ1) is 13.1. The quantitative estimate of drug-likeness (QED) is 0.569. The highest BCUT2D eigenvalue weighted by Gasteiger charge is 2.38. The number of nitrogens with two attached hydrogens (primary N) is 1. The van der Waals surface area contributed by atoms with Crippen molar-refractivity contribution in [1.82, 2.24) is 4.90 Å². The summed E-state index contributed by atoms with van der Waals surface area (Å²) in [4.78, 5) is 30.1. The van der Waals surface area contributed by atoms with Crippen molar-refractivity contribution in [3.63, 3.8) is 0 Å². The number of nitrogens with zero attached hydrogens (tertiary/aromatic N) is 2. The molecule has 1 aromatic rings. The molecule has 0 saturated carbocycles. The summed E-state index contributed by atoms with van der Waals surface area (Å²) in [6.45, 7) is 3.22. The van der Waals surface area contributed by atoms with Crippen molar-refractivity contribution < 1.29 is 14.3 Å². The first-order valence-electron chi connectivity index (χ1n) is 9.67. The Morgan fingerprint density at radius 1 is 1.26 bits per heavy atom. The Balaban J connectivity index is 1.52. The van der Waals surface area contributed by atoms with Crippen LogP contribution in [0.5, 0.6) is 0 Å². The van der Waals surface area contributed by atoms with Gasteiger partial charge in [0.15, 0.2) is 0 Å². The van der Waals surface area contributed by atoms with Crippen LogP contribution < -0.4 is 10.6 Å². The van der Waals surface area contributed by atoms with Crippen LogP contribution in [0.3, 0.4) is 0 Å². The van der Waals surface area contributed by atoms with Gasteiger partial charge in [-0.25, -0.2) is 0 Å². The van der Waals surface area contributed by atoms with E-state index in [1.165, 1.54) is 0 Å². The zero-order valence-corrected chi connectivity index (χ0v) is 16.7. The minimum absolute atomic E-state index is 0.0326. The summed E-state index contributed by atoms with van der Waals surface area (Å²) in [6.07, 6.45) is 5.13. The number of likely N-dealkylation sites (tertiary alicyclic amines) is 1. The zero-order chi connectivity index (χ0) is 19.2. The van der Waals surface area contributed by atoms with E-state index in [2.05, 4.69) is 0 Å². The molecule has 2 saturated heterocycles. The van der Waals surface area contributed by atoms with Gasteiger partial charge in [-0.15, -0.1) is 11.8 Å². The lowest BCUT2D eigenvalue weighted by atomic mass is 10.0. The third kappa shape index (κ3) is 5.03. The Hall–Kier alpha value is -1.57. The van der Waals surface area contributed by atoms with Crippen LogP contribution in [0.25, 0.3) is 0 Å². The summed E-state index contributed by atoms with van der Waals surface area (Å²) < 4.78 is 5.81. The second-order valence-corrected chi connectivity index (χ2v) is 8.02. The minimum Gasteiger partial charge on any atom is -0.378 e. The number of ether oxygens (including phenoxy) is 1. The summed E-state index contributed by atoms with van der Waals surface area (Å²) in [5, 5.41) is 0. The van der Waals surface area contributed by atoms with Gasteiger partial charge in [-0.05, 0) is 56.3 Å². The van der Waals surface area contributed by atoms with Crippen LogP contribution in [0.15, 0.2) is 29.2 Å². The number of piperidine rings is 1. The normalized spacial score (nSPS) is 21.1. The van der Waals surface area contributed by atoms with Gasteiger partial charge in [-0.3, -0.25) is 9.59 Å². The van der Waals surface area contributed by atoms with Crippen molar-refractivity contribution in [1.29, 1.82) is 0 Å². The lowest BCUT2D eigenvalue weighted by Gasteiger charge is -2.33. The average Bonchev–Trinajstić information content (AvgIpc) is 3.10. The molecule has 1 aromatic carbocycles. The zero-order valence-electron chi connectivity index (χ0n) is 15.9. The van der Waals surface area contributed by atoms with Crippen LogP contribution in [0.1, 0.15) is 25.7 Å². The minimum atomic E-state index is -0.243. The van der Waals surface area contributed by atoms with E-state index in [0.717, 1.165) is 29.8 Å². The molecule has 0 radical (unpaired) electrons. The van der Waals surface area contributed by atoms with E-state index in [0.29, 0.717) is 39.2 Å². The lowest BCUT2D eigenvalue weighted by Crippen LogP contribution is -2.44. The molecule has 2 fully saturated rings. The highest BCUT2D eigenvalue weighted by molar-refractivity contribution is 7.98. The van der Waals surface area contributed by atoms with E-state index < -0.39 is 0 Å². The number of hydrogen-bond acceptors (Lipinski definition) is 5. The van der Waals surface area contributed by atoms with Gasteiger partial charge in [0.05, 0.1) is 12.0 Å². The van der Waals surface area contributed by atoms with Crippen molar-refractivity contribution in [2.45, 2.75) is 36.7 Å². The molecule has 148 valence electrons. The number of rotatable bonds is 7. The van der Waals surface area contributed by atoms with Crippen molar-refractivity contribution in [2.75, 3.05) is 43.9 Å². The molecule has 0 aromatic heterocycles. The predicted octanol–water partition coefficient (Wildman–Crippen LogP) is 2.12. The molecule has 2 N–H and O–H groups in total. The fourth-order valence-corrected chi connectivity index (χ4v) is 4.13. The summed E-state index contributed by atoms with van der Waals surface area (Å²) in [6, 6.07) is 7.94. The molecule has 2 aliphatic heterocycles. The summed E-state index contributed by atoms with van der Waals surface area (Å²) in [5.41, 5.74) is 6.36. The Kier molecular flexibility index (Phi) is 7.15. The third-order valence-electron chi connectivity index (χ3n) is 5.31. The van der Waals surface area contributed by atoms with Gasteiger partial charge >= 0.3 is 0 Å². The fourth-order valence-electron chi connectivity index (χ4n) is 3.72. The van der Waals surface area contributed by atoms with E-state index in [9.17, 15) is 9.59 Å². The number of anilines is 1. The largest absolute Gasteiger partial charge is 0.378 e. The second kappa shape index (κ2) is 9.57. The molecule has 7 heteroatoms. The van der Waals surface area contributed by atoms with Crippen LogP contribution in [0.2, 0.25) is 0 Å². The van der Waals surface area contributed by atoms with Crippen molar-refractivity contribution >= 4 is 29.3 Å². The van der Waals surface area contributed by atoms with E-state index in [4.69, 9.17) is 10.5 Å². The Morgan fingerprint density at radius 2 is 1.96 bits per heavy atom. The standard InChI is InChI=1S/C20H29N3O3S/c1-27-18-5-3-16(4-6-18)23-14-15(13-19(23)24)20(25)22-10-7-17(8-11-22)26-12-2-9-21/h3-6,15,17H,2,7-14,21H2,1H3. The fraction of sp³-hybridized carbons (Fsp3) is 0.600. The number of amides is 2. The molecule has 6 nitrogen and oxygen atoms in total. The van der Waals surface area contributed by atoms with Gasteiger partial charge in [-0.2, -0.15) is 0 Å². The number of carbonyl (C=O) groups excluding carboxylic acids is 2. The van der Waals surface area contributed by atoms with Crippen molar-refractivity contribution in [2.24, 2.45) is 11.7 Å². The second-order valence-electron chi connectivity index (χ2n) is 7.14. The molecule has 0 spiro atoms. The molecule has 2 aliphatic rings. The molecule has 1 atom stereocenters. The molecule has 0 bridgehead atoms. The van der Waals surface area contributed by atoms with Gasteiger partial charge in [0.1, 0.15) is 0 Å². The van der Waals surface area contributed by atoms with Crippen LogP contribution in [-0.2, 0) is 14.3 Å². The maximum absolute atomic E-state index is 12.9. The van der Waals surface area contributed by atoms with Crippen LogP contribution in [0, 0.1) is 5.92 Å². The maximum Gasteiger partial charge on any atom is 0.228 e. The van der Waals surface area contributed by atoms with Gasteiger partial charge in [0, 0.05) is 43.2 Å². The Morgan fingerprint density at radius 3 is 2.59 bits per heavy atom. The topological polar surface area (TPSA) is 75.9 Å². The molecular formula is C20H29N3O3S. The summed E-state index contributed by atoms with van der Waals surface area (Å²) >= 11 is 1.67. The van der Waals surface area contributed by atoms with Crippen LogP contribution in [0.4, 0.5) is 5.69 Å². The van der Waals surface area contributed by atoms with Gasteiger partial charge in [0.2, 0.25) is 11.8 Å². The van der Waals surface area contributed by atoms with Crippen LogP contribution >= 0.6 is 11.8 Å². The Bertz CT molecular complexity index is 644. The SMILES string of the molecule is CSc1ccc(N2CC(C(=O)N3CCC(OCCCN)CC3)CC2=O)cc1. The molecule has 3 rings (SSSR count). The highest BCUT2D eigenvalue weighted by atomic mass is 32.2. The Labute approximate surface area is 165 Å². The van der Waals surface area contributed by atoms with Gasteiger partial charge < -0.3 is 20.3 Å². The van der Waals surface area contributed by atoms with E-state index >= 15 is 0 Å². The average molecular weight is 392 g/mol. The third-order valence-corrected chi connectivity index (χ3v) is 6.06. The number of hydrogen-bond donors (Lipinski definition) is 1. The van der Waals surface area contributed by atoms with Gasteiger partial charge in [0.25, 0.3) is 0 Å². The molecule has 0 aliphatic carbocycles. The van der Waals surface area contributed by atoms with E-state index in [-0.39, 0.29) is 23.8 Å².